The number of aryl methyl sites for hydroxylation is 1. The first-order valence-electron chi connectivity index (χ1n) is 11.0. The van der Waals surface area contributed by atoms with E-state index >= 15 is 0 Å². The summed E-state index contributed by atoms with van der Waals surface area (Å²) >= 11 is 1.39. The van der Waals surface area contributed by atoms with Crippen LogP contribution in [0.25, 0.3) is 16.4 Å². The molecule has 3 aromatic carbocycles. The third-order valence-electron chi connectivity index (χ3n) is 5.84. The molecule has 0 unspecified atom stereocenters. The van der Waals surface area contributed by atoms with Gasteiger partial charge in [0.1, 0.15) is 23.1 Å². The van der Waals surface area contributed by atoms with Crippen molar-refractivity contribution in [3.63, 3.8) is 0 Å². The SMILES string of the molecule is Cc1cc(NC(=O)C2c3ccccc3Oc3ccccc32)n(-c2nc(-c3ccc(F)cc3)cs2)n1. The van der Waals surface area contributed by atoms with Gasteiger partial charge in [-0.25, -0.2) is 9.37 Å². The molecule has 0 spiro atoms. The van der Waals surface area contributed by atoms with Gasteiger partial charge >= 0.3 is 0 Å². The lowest BCUT2D eigenvalue weighted by Crippen LogP contribution is -2.26. The largest absolute Gasteiger partial charge is 0.457 e. The minimum absolute atomic E-state index is 0.190. The molecule has 1 amide bonds. The Balaban J connectivity index is 1.34. The van der Waals surface area contributed by atoms with E-state index in [1.807, 2.05) is 66.9 Å². The number of carbonyl (C=O) groups excluding carboxylic acids is 1. The predicted molar refractivity (Wildman–Crippen MR) is 133 cm³/mol. The highest BCUT2D eigenvalue weighted by atomic mass is 32.1. The molecule has 0 aliphatic carbocycles. The highest BCUT2D eigenvalue weighted by Gasteiger charge is 2.33. The molecule has 0 atom stereocenters. The van der Waals surface area contributed by atoms with Crippen LogP contribution in [0.1, 0.15) is 22.7 Å². The van der Waals surface area contributed by atoms with Gasteiger partial charge in [0, 0.05) is 28.1 Å². The van der Waals surface area contributed by atoms with Gasteiger partial charge in [0.25, 0.3) is 0 Å². The van der Waals surface area contributed by atoms with Crippen molar-refractivity contribution in [1.29, 1.82) is 0 Å². The molecular formula is C27H19FN4O2S. The summed E-state index contributed by atoms with van der Waals surface area (Å²) in [5.74, 6) is 0.831. The number of amides is 1. The van der Waals surface area contributed by atoms with Gasteiger partial charge in [-0.15, -0.1) is 11.3 Å². The van der Waals surface area contributed by atoms with E-state index in [1.165, 1.54) is 23.5 Å². The van der Waals surface area contributed by atoms with Crippen molar-refractivity contribution < 1.29 is 13.9 Å². The van der Waals surface area contributed by atoms with Crippen molar-refractivity contribution in [3.05, 3.63) is 107 Å². The van der Waals surface area contributed by atoms with Crippen LogP contribution in [0.4, 0.5) is 10.2 Å². The summed E-state index contributed by atoms with van der Waals surface area (Å²) < 4.78 is 21.0. The highest BCUT2D eigenvalue weighted by molar-refractivity contribution is 7.12. The molecule has 0 fully saturated rings. The van der Waals surface area contributed by atoms with Crippen LogP contribution in [0.5, 0.6) is 11.5 Å². The lowest BCUT2D eigenvalue weighted by Gasteiger charge is -2.27. The number of para-hydroxylation sites is 2. The zero-order chi connectivity index (χ0) is 23.9. The number of hydrogen-bond donors (Lipinski definition) is 1. The Hall–Kier alpha value is -4.30. The molecule has 1 aliphatic heterocycles. The van der Waals surface area contributed by atoms with Crippen LogP contribution in [0.15, 0.2) is 84.2 Å². The van der Waals surface area contributed by atoms with Crippen LogP contribution in [0.3, 0.4) is 0 Å². The van der Waals surface area contributed by atoms with Crippen molar-refractivity contribution in [2.75, 3.05) is 5.32 Å². The molecule has 6 rings (SSSR count). The number of carbonyl (C=O) groups is 1. The molecule has 0 bridgehead atoms. The van der Waals surface area contributed by atoms with Crippen LogP contribution >= 0.6 is 11.3 Å². The van der Waals surface area contributed by atoms with Crippen molar-refractivity contribution >= 4 is 23.1 Å². The Morgan fingerprint density at radius 1 is 1.00 bits per heavy atom. The number of nitrogens with zero attached hydrogens (tertiary/aromatic N) is 3. The molecule has 1 N–H and O–H groups in total. The normalized spacial score (nSPS) is 12.5. The first-order chi connectivity index (χ1) is 17.1. The number of thiazole rings is 1. The summed E-state index contributed by atoms with van der Waals surface area (Å²) in [5, 5.41) is 10.1. The molecule has 3 heterocycles. The number of nitrogens with one attached hydrogen (secondary N) is 1. The fourth-order valence-electron chi connectivity index (χ4n) is 4.24. The van der Waals surface area contributed by atoms with Gasteiger partial charge in [-0.05, 0) is 43.3 Å². The summed E-state index contributed by atoms with van der Waals surface area (Å²) in [5.41, 5.74) is 3.87. The van der Waals surface area contributed by atoms with E-state index in [0.717, 1.165) is 22.4 Å². The molecule has 35 heavy (non-hydrogen) atoms. The number of hydrogen-bond acceptors (Lipinski definition) is 5. The highest BCUT2D eigenvalue weighted by Crippen LogP contribution is 2.44. The van der Waals surface area contributed by atoms with Crippen LogP contribution in [-0.4, -0.2) is 20.7 Å². The average Bonchev–Trinajstić information content (AvgIpc) is 3.49. The van der Waals surface area contributed by atoms with Crippen molar-refractivity contribution in [2.24, 2.45) is 0 Å². The molecule has 0 saturated heterocycles. The first-order valence-corrected chi connectivity index (χ1v) is 11.9. The van der Waals surface area contributed by atoms with Gasteiger partial charge in [-0.2, -0.15) is 9.78 Å². The summed E-state index contributed by atoms with van der Waals surface area (Å²) in [6.07, 6.45) is 0. The van der Waals surface area contributed by atoms with E-state index < -0.39 is 5.92 Å². The van der Waals surface area contributed by atoms with E-state index in [4.69, 9.17) is 4.74 Å². The third-order valence-corrected chi connectivity index (χ3v) is 6.65. The fraction of sp³-hybridized carbons (Fsp3) is 0.0741. The zero-order valence-electron chi connectivity index (χ0n) is 18.6. The lowest BCUT2D eigenvalue weighted by atomic mass is 9.87. The van der Waals surface area contributed by atoms with Gasteiger partial charge in [0.15, 0.2) is 0 Å². The number of anilines is 1. The van der Waals surface area contributed by atoms with E-state index in [0.29, 0.717) is 28.1 Å². The Kier molecular flexibility index (Phi) is 5.15. The first kappa shape index (κ1) is 21.2. The molecule has 2 aromatic heterocycles. The molecule has 172 valence electrons. The summed E-state index contributed by atoms with van der Waals surface area (Å²) in [4.78, 5) is 18.4. The number of benzene rings is 3. The topological polar surface area (TPSA) is 69.0 Å². The Bertz CT molecular complexity index is 1510. The maximum absolute atomic E-state index is 13.7. The number of aromatic nitrogens is 3. The molecule has 0 saturated carbocycles. The minimum atomic E-state index is -0.536. The second-order valence-corrected chi connectivity index (χ2v) is 9.04. The smallest absolute Gasteiger partial charge is 0.237 e. The van der Waals surface area contributed by atoms with Crippen molar-refractivity contribution in [1.82, 2.24) is 14.8 Å². The summed E-state index contributed by atoms with van der Waals surface area (Å²) in [6.45, 7) is 1.86. The van der Waals surface area contributed by atoms with Gasteiger partial charge in [-0.3, -0.25) is 4.79 Å². The lowest BCUT2D eigenvalue weighted by molar-refractivity contribution is -0.116. The third kappa shape index (κ3) is 3.87. The molecule has 1 aliphatic rings. The van der Waals surface area contributed by atoms with Gasteiger partial charge in [0.05, 0.1) is 17.3 Å². The number of fused-ring (bicyclic) bond motifs is 2. The molecule has 0 radical (unpaired) electrons. The van der Waals surface area contributed by atoms with Crippen molar-refractivity contribution in [3.8, 4) is 27.9 Å². The van der Waals surface area contributed by atoms with E-state index in [-0.39, 0.29) is 11.7 Å². The van der Waals surface area contributed by atoms with Crippen LogP contribution < -0.4 is 10.1 Å². The van der Waals surface area contributed by atoms with Gasteiger partial charge in [-0.1, -0.05) is 36.4 Å². The Morgan fingerprint density at radius 3 is 2.34 bits per heavy atom. The predicted octanol–water partition coefficient (Wildman–Crippen LogP) is 6.32. The monoisotopic (exact) mass is 482 g/mol. The fourth-order valence-corrected chi connectivity index (χ4v) is 5.04. The van der Waals surface area contributed by atoms with E-state index in [2.05, 4.69) is 15.4 Å². The molecule has 6 nitrogen and oxygen atoms in total. The average molecular weight is 483 g/mol. The number of rotatable bonds is 4. The van der Waals surface area contributed by atoms with Crippen LogP contribution in [0, 0.1) is 12.7 Å². The molecule has 8 heteroatoms. The maximum Gasteiger partial charge on any atom is 0.237 e. The van der Waals surface area contributed by atoms with Crippen molar-refractivity contribution in [2.45, 2.75) is 12.8 Å². The second-order valence-electron chi connectivity index (χ2n) is 8.20. The minimum Gasteiger partial charge on any atom is -0.457 e. The van der Waals surface area contributed by atoms with Crippen LogP contribution in [-0.2, 0) is 4.79 Å². The maximum atomic E-state index is 13.7. The Morgan fingerprint density at radius 2 is 1.66 bits per heavy atom. The van der Waals surface area contributed by atoms with E-state index in [9.17, 15) is 9.18 Å². The van der Waals surface area contributed by atoms with Gasteiger partial charge < -0.3 is 10.1 Å². The van der Waals surface area contributed by atoms with E-state index in [1.54, 1.807) is 16.8 Å². The molecular weight excluding hydrogens is 463 g/mol. The second kappa shape index (κ2) is 8.48. The summed E-state index contributed by atoms with van der Waals surface area (Å²) in [7, 11) is 0. The summed E-state index contributed by atoms with van der Waals surface area (Å²) in [6, 6.07) is 23.1. The zero-order valence-corrected chi connectivity index (χ0v) is 19.4. The quantitative estimate of drug-likeness (QED) is 0.325. The van der Waals surface area contributed by atoms with Crippen LogP contribution in [0.2, 0.25) is 0 Å². The number of ether oxygens (including phenoxy) is 1. The number of halogens is 1. The van der Waals surface area contributed by atoms with Gasteiger partial charge in [0.2, 0.25) is 11.0 Å². The molecule has 5 aromatic rings. The standard InChI is InChI=1S/C27H19FN4O2S/c1-16-14-24(32(31-16)27-29-21(15-35-27)17-10-12-18(28)13-11-17)30-26(33)25-19-6-2-4-8-22(19)34-23-9-5-3-7-20(23)25/h2-15,25H,1H3,(H,30,33). The Labute approximate surface area is 204 Å².